The second-order valence-corrected chi connectivity index (χ2v) is 3.40. The lowest BCUT2D eigenvalue weighted by Crippen LogP contribution is -2.32. The molecule has 0 amide bonds. The summed E-state index contributed by atoms with van der Waals surface area (Å²) in [4.78, 5) is 10.4. The van der Waals surface area contributed by atoms with Gasteiger partial charge in [0.25, 0.3) is 0 Å². The van der Waals surface area contributed by atoms with Gasteiger partial charge in [0.2, 0.25) is 0 Å². The van der Waals surface area contributed by atoms with Crippen molar-refractivity contribution in [3.8, 4) is 5.75 Å². The number of phenols is 1. The summed E-state index contributed by atoms with van der Waals surface area (Å²) in [6.45, 7) is 0. The Hall–Kier alpha value is -1.33. The molecule has 0 aliphatic heterocycles. The lowest BCUT2D eigenvalue weighted by atomic mass is 10.1. The second kappa shape index (κ2) is 4.46. The molecule has 0 spiro atoms. The van der Waals surface area contributed by atoms with Crippen LogP contribution in [0.4, 0.5) is 4.39 Å². The van der Waals surface area contributed by atoms with E-state index in [-0.39, 0.29) is 17.7 Å². The van der Waals surface area contributed by atoms with E-state index in [0.717, 1.165) is 0 Å². The fourth-order valence-corrected chi connectivity index (χ4v) is 1.25. The summed E-state index contributed by atoms with van der Waals surface area (Å²) in [6.07, 6.45) is -0.179. The predicted octanol–water partition coefficient (Wildman–Crippen LogP) is 1.14. The molecule has 1 atom stereocenters. The van der Waals surface area contributed by atoms with Crippen molar-refractivity contribution in [1.29, 1.82) is 0 Å². The van der Waals surface area contributed by atoms with Crippen molar-refractivity contribution < 1.29 is 19.4 Å². The molecule has 82 valence electrons. The molecule has 1 aromatic carbocycles. The number of benzene rings is 1. The number of rotatable bonds is 3. The Bertz CT molecular complexity index is 397. The number of hydrogen-bond donors (Lipinski definition) is 3. The molecular formula is C9H9ClFNO3. The van der Waals surface area contributed by atoms with Crippen LogP contribution in [0.5, 0.6) is 5.75 Å². The van der Waals surface area contributed by atoms with Crippen LogP contribution in [-0.4, -0.2) is 22.2 Å². The van der Waals surface area contributed by atoms with E-state index in [9.17, 15) is 9.18 Å². The van der Waals surface area contributed by atoms with Gasteiger partial charge in [-0.15, -0.1) is 0 Å². The van der Waals surface area contributed by atoms with Crippen molar-refractivity contribution in [2.45, 2.75) is 12.5 Å². The molecule has 6 heteroatoms. The van der Waals surface area contributed by atoms with Crippen molar-refractivity contribution in [2.24, 2.45) is 5.73 Å². The standard InChI is InChI=1S/C9H9ClFNO3/c10-7-6(13)2-1-4(8(7)11)3-5(12)9(14)15/h1-2,5,13H,3,12H2,(H,14,15). The molecule has 1 rings (SSSR count). The summed E-state index contributed by atoms with van der Waals surface area (Å²) in [5, 5.41) is 17.2. The molecule has 0 radical (unpaired) electrons. The van der Waals surface area contributed by atoms with Crippen LogP contribution in [0.3, 0.4) is 0 Å². The largest absolute Gasteiger partial charge is 0.506 e. The van der Waals surface area contributed by atoms with Gasteiger partial charge in [-0.2, -0.15) is 0 Å². The number of carbonyl (C=O) groups is 1. The van der Waals surface area contributed by atoms with Gasteiger partial charge in [-0.05, 0) is 11.6 Å². The van der Waals surface area contributed by atoms with Gasteiger partial charge < -0.3 is 15.9 Å². The number of carboxylic acid groups (broad SMARTS) is 1. The van der Waals surface area contributed by atoms with Gasteiger partial charge >= 0.3 is 5.97 Å². The lowest BCUT2D eigenvalue weighted by Gasteiger charge is -2.08. The molecule has 4 N–H and O–H groups in total. The molecule has 4 nitrogen and oxygen atoms in total. The summed E-state index contributed by atoms with van der Waals surface area (Å²) < 4.78 is 13.3. The van der Waals surface area contributed by atoms with Crippen molar-refractivity contribution >= 4 is 17.6 Å². The van der Waals surface area contributed by atoms with E-state index >= 15 is 0 Å². The average Bonchev–Trinajstić information content (AvgIpc) is 2.18. The van der Waals surface area contributed by atoms with Gasteiger partial charge in [0.05, 0.1) is 0 Å². The molecule has 0 aliphatic carbocycles. The fraction of sp³-hybridized carbons (Fsp3) is 0.222. The Balaban J connectivity index is 2.97. The van der Waals surface area contributed by atoms with E-state index in [1.165, 1.54) is 12.1 Å². The molecule has 0 saturated carbocycles. The minimum absolute atomic E-state index is 0.0627. The third-order valence-corrected chi connectivity index (χ3v) is 2.26. The fourth-order valence-electron chi connectivity index (χ4n) is 1.06. The van der Waals surface area contributed by atoms with E-state index in [2.05, 4.69) is 0 Å². The van der Waals surface area contributed by atoms with E-state index in [1.807, 2.05) is 0 Å². The van der Waals surface area contributed by atoms with E-state index in [1.54, 1.807) is 0 Å². The van der Waals surface area contributed by atoms with Crippen LogP contribution in [0.25, 0.3) is 0 Å². The molecular weight excluding hydrogens is 225 g/mol. The van der Waals surface area contributed by atoms with Crippen LogP contribution in [0.15, 0.2) is 12.1 Å². The van der Waals surface area contributed by atoms with Crippen LogP contribution >= 0.6 is 11.6 Å². The minimum atomic E-state index is -1.22. The number of aliphatic carboxylic acids is 1. The zero-order valence-corrected chi connectivity index (χ0v) is 8.33. The normalized spacial score (nSPS) is 12.5. The van der Waals surface area contributed by atoms with Crippen molar-refractivity contribution in [3.05, 3.63) is 28.5 Å². The molecule has 0 heterocycles. The topological polar surface area (TPSA) is 83.5 Å². The van der Waals surface area contributed by atoms with Gasteiger partial charge in [-0.1, -0.05) is 17.7 Å². The third kappa shape index (κ3) is 2.57. The third-order valence-electron chi connectivity index (χ3n) is 1.90. The molecule has 0 fully saturated rings. The maximum atomic E-state index is 13.3. The summed E-state index contributed by atoms with van der Waals surface area (Å²) in [6, 6.07) is 1.24. The zero-order valence-electron chi connectivity index (χ0n) is 7.58. The summed E-state index contributed by atoms with van der Waals surface area (Å²) in [7, 11) is 0. The van der Waals surface area contributed by atoms with E-state index < -0.39 is 22.9 Å². The highest BCUT2D eigenvalue weighted by Crippen LogP contribution is 2.28. The monoisotopic (exact) mass is 233 g/mol. The molecule has 0 saturated heterocycles. The van der Waals surface area contributed by atoms with Gasteiger partial charge in [0.15, 0.2) is 0 Å². The van der Waals surface area contributed by atoms with Crippen molar-refractivity contribution in [3.63, 3.8) is 0 Å². The first-order valence-corrected chi connectivity index (χ1v) is 4.45. The minimum Gasteiger partial charge on any atom is -0.506 e. The first kappa shape index (κ1) is 11.7. The van der Waals surface area contributed by atoms with Crippen LogP contribution in [-0.2, 0) is 11.2 Å². The number of carboxylic acids is 1. The number of aromatic hydroxyl groups is 1. The van der Waals surface area contributed by atoms with Crippen LogP contribution in [0.1, 0.15) is 5.56 Å². The molecule has 1 unspecified atom stereocenters. The number of halogens is 2. The van der Waals surface area contributed by atoms with Gasteiger partial charge in [0, 0.05) is 6.42 Å². The Morgan fingerprint density at radius 1 is 1.60 bits per heavy atom. The number of hydrogen-bond acceptors (Lipinski definition) is 3. The first-order valence-electron chi connectivity index (χ1n) is 4.07. The van der Waals surface area contributed by atoms with Crippen molar-refractivity contribution in [1.82, 2.24) is 0 Å². The Kier molecular flexibility index (Phi) is 3.49. The van der Waals surface area contributed by atoms with Crippen LogP contribution in [0, 0.1) is 5.82 Å². The molecule has 15 heavy (non-hydrogen) atoms. The van der Waals surface area contributed by atoms with Gasteiger partial charge in [-0.3, -0.25) is 4.79 Å². The maximum absolute atomic E-state index is 13.3. The summed E-state index contributed by atoms with van der Waals surface area (Å²) >= 11 is 5.43. The summed E-state index contributed by atoms with van der Waals surface area (Å²) in [5.41, 5.74) is 5.30. The van der Waals surface area contributed by atoms with Crippen molar-refractivity contribution in [2.75, 3.05) is 0 Å². The van der Waals surface area contributed by atoms with Crippen LogP contribution in [0.2, 0.25) is 5.02 Å². The Morgan fingerprint density at radius 2 is 2.20 bits per heavy atom. The molecule has 0 aliphatic rings. The highest BCUT2D eigenvalue weighted by atomic mass is 35.5. The van der Waals surface area contributed by atoms with E-state index in [4.69, 9.17) is 27.5 Å². The first-order chi connectivity index (χ1) is 6.93. The van der Waals surface area contributed by atoms with Crippen LogP contribution < -0.4 is 5.73 Å². The number of nitrogens with two attached hydrogens (primary N) is 1. The molecule has 1 aromatic rings. The maximum Gasteiger partial charge on any atom is 0.320 e. The lowest BCUT2D eigenvalue weighted by molar-refractivity contribution is -0.138. The Labute approximate surface area is 90.1 Å². The summed E-state index contributed by atoms with van der Waals surface area (Å²) in [5.74, 6) is -2.45. The number of phenolic OH excluding ortho intramolecular Hbond substituents is 1. The predicted molar refractivity (Wildman–Crippen MR) is 52.4 cm³/mol. The molecule has 0 bridgehead atoms. The van der Waals surface area contributed by atoms with E-state index in [0.29, 0.717) is 0 Å². The highest BCUT2D eigenvalue weighted by molar-refractivity contribution is 6.32. The second-order valence-electron chi connectivity index (χ2n) is 3.02. The smallest absolute Gasteiger partial charge is 0.320 e. The zero-order chi connectivity index (χ0) is 11.6. The molecule has 0 aromatic heterocycles. The average molecular weight is 234 g/mol. The SMILES string of the molecule is NC(Cc1ccc(O)c(Cl)c1F)C(=O)O. The highest BCUT2D eigenvalue weighted by Gasteiger charge is 2.17. The quantitative estimate of drug-likeness (QED) is 0.731. The van der Waals surface area contributed by atoms with Gasteiger partial charge in [-0.25, -0.2) is 4.39 Å². The van der Waals surface area contributed by atoms with Gasteiger partial charge in [0.1, 0.15) is 22.6 Å². The Morgan fingerprint density at radius 3 is 2.73 bits per heavy atom.